The van der Waals surface area contributed by atoms with Gasteiger partial charge in [0, 0.05) is 16.7 Å². The molecule has 0 saturated carbocycles. The van der Waals surface area contributed by atoms with E-state index in [4.69, 9.17) is 11.6 Å². The Bertz CT molecular complexity index is 276. The Morgan fingerprint density at radius 1 is 1.57 bits per heavy atom. The SMILES string of the molecule is CCC(Cl)C(C)Nc1ccc(Br)cn1. The molecule has 2 unspecified atom stereocenters. The Hall–Kier alpha value is -0.280. The van der Waals surface area contributed by atoms with Gasteiger partial charge in [-0.2, -0.15) is 0 Å². The fourth-order valence-electron chi connectivity index (χ4n) is 1.14. The molecule has 1 aromatic rings. The first-order valence-electron chi connectivity index (χ1n) is 4.65. The number of halogens is 2. The second kappa shape index (κ2) is 5.56. The van der Waals surface area contributed by atoms with E-state index >= 15 is 0 Å². The van der Waals surface area contributed by atoms with Crippen LogP contribution >= 0.6 is 27.5 Å². The summed E-state index contributed by atoms with van der Waals surface area (Å²) in [7, 11) is 0. The third-order valence-electron chi connectivity index (χ3n) is 2.04. The molecule has 1 rings (SSSR count). The first-order valence-corrected chi connectivity index (χ1v) is 5.88. The molecule has 2 nitrogen and oxygen atoms in total. The molecule has 0 saturated heterocycles. The summed E-state index contributed by atoms with van der Waals surface area (Å²) in [5.41, 5.74) is 0. The summed E-state index contributed by atoms with van der Waals surface area (Å²) in [4.78, 5) is 4.22. The Morgan fingerprint density at radius 3 is 2.79 bits per heavy atom. The molecule has 2 atom stereocenters. The van der Waals surface area contributed by atoms with Crippen LogP contribution in [0.1, 0.15) is 20.3 Å². The average Bonchev–Trinajstić information content (AvgIpc) is 2.20. The Morgan fingerprint density at radius 2 is 2.29 bits per heavy atom. The van der Waals surface area contributed by atoms with E-state index in [1.165, 1.54) is 0 Å². The van der Waals surface area contributed by atoms with Crippen molar-refractivity contribution in [1.82, 2.24) is 4.98 Å². The fraction of sp³-hybridized carbons (Fsp3) is 0.500. The smallest absolute Gasteiger partial charge is 0.126 e. The van der Waals surface area contributed by atoms with E-state index in [9.17, 15) is 0 Å². The maximum absolute atomic E-state index is 6.10. The molecular formula is C10H14BrClN2. The lowest BCUT2D eigenvalue weighted by Gasteiger charge is -2.18. The standard InChI is InChI=1S/C10H14BrClN2/c1-3-9(12)7(2)14-10-5-4-8(11)6-13-10/h4-7,9H,3H2,1-2H3,(H,13,14). The monoisotopic (exact) mass is 276 g/mol. The molecule has 0 amide bonds. The van der Waals surface area contributed by atoms with Crippen LogP contribution < -0.4 is 5.32 Å². The van der Waals surface area contributed by atoms with Crippen molar-refractivity contribution in [3.63, 3.8) is 0 Å². The summed E-state index contributed by atoms with van der Waals surface area (Å²) in [6, 6.07) is 4.12. The van der Waals surface area contributed by atoms with Crippen molar-refractivity contribution in [2.24, 2.45) is 0 Å². The molecule has 0 aromatic carbocycles. The van der Waals surface area contributed by atoms with Crippen molar-refractivity contribution in [3.8, 4) is 0 Å². The van der Waals surface area contributed by atoms with Crippen molar-refractivity contribution >= 4 is 33.3 Å². The predicted octanol–water partition coefficient (Wildman–Crippen LogP) is 3.66. The van der Waals surface area contributed by atoms with Gasteiger partial charge in [0.2, 0.25) is 0 Å². The van der Waals surface area contributed by atoms with Gasteiger partial charge >= 0.3 is 0 Å². The molecule has 0 bridgehead atoms. The predicted molar refractivity (Wildman–Crippen MR) is 65.0 cm³/mol. The summed E-state index contributed by atoms with van der Waals surface area (Å²) in [5, 5.41) is 3.40. The summed E-state index contributed by atoms with van der Waals surface area (Å²) in [5.74, 6) is 0.861. The Kier molecular flexibility index (Phi) is 4.69. The van der Waals surface area contributed by atoms with Crippen molar-refractivity contribution in [3.05, 3.63) is 22.8 Å². The lowest BCUT2D eigenvalue weighted by molar-refractivity contribution is 0.697. The van der Waals surface area contributed by atoms with E-state index in [2.05, 4.69) is 40.1 Å². The molecule has 78 valence electrons. The third-order valence-corrected chi connectivity index (χ3v) is 3.19. The molecule has 0 radical (unpaired) electrons. The van der Waals surface area contributed by atoms with Crippen LogP contribution in [0.3, 0.4) is 0 Å². The minimum absolute atomic E-state index is 0.139. The van der Waals surface area contributed by atoms with E-state index < -0.39 is 0 Å². The van der Waals surface area contributed by atoms with E-state index in [0.29, 0.717) is 0 Å². The van der Waals surface area contributed by atoms with Gasteiger partial charge in [0.05, 0.1) is 5.38 Å². The highest BCUT2D eigenvalue weighted by Crippen LogP contribution is 2.14. The highest BCUT2D eigenvalue weighted by Gasteiger charge is 2.11. The average molecular weight is 278 g/mol. The van der Waals surface area contributed by atoms with E-state index in [0.717, 1.165) is 16.7 Å². The normalized spacial score (nSPS) is 14.9. The third kappa shape index (κ3) is 3.46. The minimum Gasteiger partial charge on any atom is -0.366 e. The van der Waals surface area contributed by atoms with Crippen LogP contribution in [-0.2, 0) is 0 Å². The highest BCUT2D eigenvalue weighted by molar-refractivity contribution is 9.10. The molecule has 14 heavy (non-hydrogen) atoms. The van der Waals surface area contributed by atoms with E-state index in [1.54, 1.807) is 6.20 Å². The number of aromatic nitrogens is 1. The van der Waals surface area contributed by atoms with Gasteiger partial charge in [-0.3, -0.25) is 0 Å². The van der Waals surface area contributed by atoms with Gasteiger partial charge < -0.3 is 5.32 Å². The van der Waals surface area contributed by atoms with Crippen molar-refractivity contribution in [2.45, 2.75) is 31.7 Å². The van der Waals surface area contributed by atoms with Crippen molar-refractivity contribution in [2.75, 3.05) is 5.32 Å². The molecular weight excluding hydrogens is 263 g/mol. The fourth-order valence-corrected chi connectivity index (χ4v) is 1.44. The molecule has 0 spiro atoms. The molecule has 1 heterocycles. The maximum atomic E-state index is 6.10. The number of nitrogens with zero attached hydrogens (tertiary/aromatic N) is 1. The zero-order valence-electron chi connectivity index (χ0n) is 8.30. The van der Waals surface area contributed by atoms with Crippen molar-refractivity contribution < 1.29 is 0 Å². The number of pyridine rings is 1. The number of alkyl halides is 1. The molecule has 1 N–H and O–H groups in total. The first kappa shape index (κ1) is 11.8. The molecule has 0 aliphatic carbocycles. The zero-order valence-corrected chi connectivity index (χ0v) is 10.6. The maximum Gasteiger partial charge on any atom is 0.126 e. The van der Waals surface area contributed by atoms with Crippen LogP contribution in [0.15, 0.2) is 22.8 Å². The lowest BCUT2D eigenvalue weighted by Crippen LogP contribution is -2.26. The molecule has 0 aliphatic heterocycles. The number of hydrogen-bond donors (Lipinski definition) is 1. The number of anilines is 1. The number of rotatable bonds is 4. The summed E-state index contributed by atoms with van der Waals surface area (Å²) >= 11 is 9.44. The Balaban J connectivity index is 2.56. The van der Waals surface area contributed by atoms with Crippen LogP contribution in [-0.4, -0.2) is 16.4 Å². The molecule has 0 fully saturated rings. The quantitative estimate of drug-likeness (QED) is 0.850. The summed E-state index contributed by atoms with van der Waals surface area (Å²) in [6.07, 6.45) is 2.72. The highest BCUT2D eigenvalue weighted by atomic mass is 79.9. The number of nitrogens with one attached hydrogen (secondary N) is 1. The summed E-state index contributed by atoms with van der Waals surface area (Å²) in [6.45, 7) is 4.13. The van der Waals surface area contributed by atoms with Crippen LogP contribution in [0, 0.1) is 0 Å². The Labute approximate surface area is 98.2 Å². The molecule has 0 aliphatic rings. The van der Waals surface area contributed by atoms with E-state index in [1.807, 2.05) is 12.1 Å². The van der Waals surface area contributed by atoms with Crippen molar-refractivity contribution in [1.29, 1.82) is 0 Å². The second-order valence-electron chi connectivity index (χ2n) is 3.22. The van der Waals surface area contributed by atoms with Crippen LogP contribution in [0.4, 0.5) is 5.82 Å². The summed E-state index contributed by atoms with van der Waals surface area (Å²) < 4.78 is 0.980. The van der Waals surface area contributed by atoms with Gasteiger partial charge in [0.15, 0.2) is 0 Å². The second-order valence-corrected chi connectivity index (χ2v) is 4.70. The van der Waals surface area contributed by atoms with Gasteiger partial charge in [0.1, 0.15) is 5.82 Å². The van der Waals surface area contributed by atoms with Crippen LogP contribution in [0.25, 0.3) is 0 Å². The van der Waals surface area contributed by atoms with Gasteiger partial charge in [-0.1, -0.05) is 6.92 Å². The topological polar surface area (TPSA) is 24.9 Å². The lowest BCUT2D eigenvalue weighted by atomic mass is 10.2. The van der Waals surface area contributed by atoms with Gasteiger partial charge in [0.25, 0.3) is 0 Å². The minimum atomic E-state index is 0.139. The van der Waals surface area contributed by atoms with Gasteiger partial charge in [-0.15, -0.1) is 11.6 Å². The largest absolute Gasteiger partial charge is 0.366 e. The van der Waals surface area contributed by atoms with E-state index in [-0.39, 0.29) is 11.4 Å². The van der Waals surface area contributed by atoms with Gasteiger partial charge in [-0.25, -0.2) is 4.98 Å². The molecule has 4 heteroatoms. The van der Waals surface area contributed by atoms with Crippen LogP contribution in [0.2, 0.25) is 0 Å². The zero-order chi connectivity index (χ0) is 10.6. The van der Waals surface area contributed by atoms with Gasteiger partial charge in [-0.05, 0) is 41.4 Å². The molecule has 1 aromatic heterocycles. The first-order chi connectivity index (χ1) is 6.63. The number of hydrogen-bond acceptors (Lipinski definition) is 2. The van der Waals surface area contributed by atoms with Crippen LogP contribution in [0.5, 0.6) is 0 Å².